The Hall–Kier alpha value is -8.04. The minimum absolute atomic E-state index is 0.0199. The molecule has 24 nitrogen and oxygen atoms in total. The lowest BCUT2D eigenvalue weighted by Crippen LogP contribution is -2.49. The van der Waals surface area contributed by atoms with E-state index < -0.39 is 220 Å². The third kappa shape index (κ3) is 19.0. The average molecular weight is 1680 g/mol. The van der Waals surface area contributed by atoms with Gasteiger partial charge in [0.1, 0.15) is 23.8 Å². The summed E-state index contributed by atoms with van der Waals surface area (Å²) in [4.78, 5) is 145. The molecule has 2 saturated heterocycles. The number of amides is 6. The summed E-state index contributed by atoms with van der Waals surface area (Å²) in [6.07, 6.45) is -3.08. The van der Waals surface area contributed by atoms with Gasteiger partial charge in [-0.15, -0.1) is 0 Å². The van der Waals surface area contributed by atoms with Crippen LogP contribution in [0.3, 0.4) is 0 Å². The zero-order chi connectivity index (χ0) is 85.2. The highest BCUT2D eigenvalue weighted by Crippen LogP contribution is 2.60. The summed E-state index contributed by atoms with van der Waals surface area (Å²) in [5, 5.41) is 0. The molecule has 640 valence electrons. The fourth-order valence-electron chi connectivity index (χ4n) is 17.3. The van der Waals surface area contributed by atoms with Crippen LogP contribution in [0.15, 0.2) is 60.7 Å². The highest BCUT2D eigenvalue weighted by atomic mass is 32.2. The first kappa shape index (κ1) is 88.8. The topological polar surface area (TPSA) is 313 Å². The maximum absolute atomic E-state index is 14.8. The van der Waals surface area contributed by atoms with Gasteiger partial charge in [-0.3, -0.25) is 57.6 Å². The molecule has 4 aliphatic carbocycles. The number of halogens is 8. The SMILES string of the molecule is CC[C@@H]1C[C@@H](C)CC/C=C\[C@@H]2C[C@@]2(C(=O)NS(=O)(=O)C2(C)CC2)CC(=O)[C@@H]2C[C@@H](OC(=O)N3Cc4cccc(F)c4C3)CN2C(=O)[C@H]1CC(=O)OC(C)(C)C(F)(F)F.CC[C@@H]1C[C@H](C)CC/C=C\[C@@H]2C[C@@]2(C(=O)NS(=O)(=O)C2(C)CC2)CC(=O)[C@@H]2C[C@@H](OC(=O)N3Cc4cccc(F)c4C3)CN2C(=O)[C@H]1CC(=O)OC(C)(C)C(F)(F)F. The third-order valence-electron chi connectivity index (χ3n) is 26.0. The van der Waals surface area contributed by atoms with Crippen molar-refractivity contribution >= 4 is 79.4 Å². The number of allylic oxidation sites excluding steroid dienone is 4. The number of benzene rings is 2. The molecule has 2 aromatic rings. The van der Waals surface area contributed by atoms with Gasteiger partial charge >= 0.3 is 36.5 Å². The maximum atomic E-state index is 14.8. The van der Waals surface area contributed by atoms with Crippen LogP contribution in [0.1, 0.15) is 220 Å². The molecule has 0 bridgehead atoms. The standard InChI is InChI=1S/2C41H53F4N3O9S/c2*1-6-25-16-24(2)10-7-8-12-27-19-40(27,36(52)46-58(54,55)39(5)14-15-39)20-33(49)32-17-28(56-37(53)47-21-26-11-9-13-31(42)30(26)23-47)22-48(32)35(51)29(25)18-34(50)57-38(3,4)41(43,44)45/h2*8-9,11-13,24-25,27-29,32H,6-7,10,14-23H2,1-5H3,(H,46,52)/b2*12-8-/t24-,25+,27+,28+,29-,32-,40+;24-,25-,27-,28-,29+,32+,40-/m01/s1. The van der Waals surface area contributed by atoms with Crippen LogP contribution in [0.25, 0.3) is 0 Å². The Labute approximate surface area is 671 Å². The molecule has 14 atom stereocenters. The lowest BCUT2D eigenvalue weighted by Gasteiger charge is -2.34. The summed E-state index contributed by atoms with van der Waals surface area (Å²) in [6, 6.07) is 6.39. The summed E-state index contributed by atoms with van der Waals surface area (Å²) >= 11 is 0. The van der Waals surface area contributed by atoms with Crippen molar-refractivity contribution in [3.05, 3.63) is 94.6 Å². The van der Waals surface area contributed by atoms with E-state index in [-0.39, 0.29) is 76.8 Å². The number of carbonyl (C=O) groups excluding carboxylic acids is 10. The maximum Gasteiger partial charge on any atom is 0.427 e. The second kappa shape index (κ2) is 33.3. The molecule has 10 aliphatic rings. The van der Waals surface area contributed by atoms with E-state index in [9.17, 15) is 99.9 Å². The van der Waals surface area contributed by atoms with Crippen LogP contribution in [0, 0.1) is 69.8 Å². The minimum atomic E-state index is -4.90. The molecule has 0 unspecified atom stereocenters. The van der Waals surface area contributed by atoms with Crippen molar-refractivity contribution in [2.45, 2.75) is 281 Å². The fourth-order valence-corrected chi connectivity index (χ4v) is 19.9. The van der Waals surface area contributed by atoms with Crippen LogP contribution >= 0.6 is 0 Å². The monoisotopic (exact) mass is 1680 g/mol. The van der Waals surface area contributed by atoms with Crippen LogP contribution < -0.4 is 9.44 Å². The molecule has 2 aromatic carbocycles. The second-order valence-corrected chi connectivity index (χ2v) is 40.0. The van der Waals surface area contributed by atoms with E-state index in [0.717, 1.165) is 0 Å². The first-order chi connectivity index (χ1) is 54.0. The van der Waals surface area contributed by atoms with Gasteiger partial charge in [-0.25, -0.2) is 35.2 Å². The number of hydrogen-bond acceptors (Lipinski definition) is 18. The van der Waals surface area contributed by atoms with Crippen molar-refractivity contribution in [2.75, 3.05) is 13.1 Å². The number of nitrogens with zero attached hydrogens (tertiary/aromatic N) is 4. The van der Waals surface area contributed by atoms with E-state index in [0.29, 0.717) is 127 Å². The number of hydrogen-bond donors (Lipinski definition) is 2. The van der Waals surface area contributed by atoms with Crippen molar-refractivity contribution in [3.8, 4) is 0 Å². The van der Waals surface area contributed by atoms with Crippen molar-refractivity contribution < 1.29 is 119 Å². The van der Waals surface area contributed by atoms with Gasteiger partial charge in [0.25, 0.3) is 0 Å². The van der Waals surface area contributed by atoms with Crippen LogP contribution in [0.4, 0.5) is 44.7 Å². The molecule has 6 fully saturated rings. The van der Waals surface area contributed by atoms with Gasteiger partial charge in [-0.1, -0.05) is 89.1 Å². The van der Waals surface area contributed by atoms with Crippen LogP contribution in [-0.4, -0.2) is 166 Å². The molecule has 0 aromatic heterocycles. The number of fused-ring (bicyclic) bond motifs is 6. The molecule has 34 heteroatoms. The Kier molecular flexibility index (Phi) is 25.5. The van der Waals surface area contributed by atoms with Gasteiger partial charge < -0.3 is 28.7 Å². The molecule has 0 radical (unpaired) electrons. The van der Waals surface area contributed by atoms with Gasteiger partial charge in [0.15, 0.2) is 11.6 Å². The van der Waals surface area contributed by atoms with E-state index in [1.54, 1.807) is 26.0 Å². The number of alkyl halides is 6. The van der Waals surface area contributed by atoms with E-state index >= 15 is 0 Å². The number of esters is 2. The fraction of sp³-hybridized carbons (Fsp3) is 0.683. The summed E-state index contributed by atoms with van der Waals surface area (Å²) in [6.45, 7) is 12.8. The Bertz CT molecular complexity index is 4210. The summed E-state index contributed by atoms with van der Waals surface area (Å²) < 4.78 is 188. The number of carbonyl (C=O) groups is 10. The zero-order valence-electron chi connectivity index (χ0n) is 67.1. The van der Waals surface area contributed by atoms with Gasteiger partial charge in [-0.05, 0) is 177 Å². The van der Waals surface area contributed by atoms with Gasteiger partial charge in [0.2, 0.25) is 54.9 Å². The highest BCUT2D eigenvalue weighted by molar-refractivity contribution is 7.92. The quantitative estimate of drug-likeness (QED) is 0.0682. The lowest BCUT2D eigenvalue weighted by molar-refractivity contribution is -0.257. The van der Waals surface area contributed by atoms with E-state index in [2.05, 4.69) is 9.44 Å². The van der Waals surface area contributed by atoms with Crippen molar-refractivity contribution in [1.82, 2.24) is 29.0 Å². The first-order valence-corrected chi connectivity index (χ1v) is 43.1. The second-order valence-electron chi connectivity index (χ2n) is 35.6. The molecular formula is C82H106F8N6O18S2. The Morgan fingerprint density at radius 3 is 1.21 bits per heavy atom. The molecule has 0 spiro atoms. The number of Topliss-reactive ketones (excluding diaryl/α,β-unsaturated/α-hetero) is 2. The molecule has 6 amide bonds. The number of ketones is 2. The number of ether oxygens (including phenoxy) is 4. The van der Waals surface area contributed by atoms with Crippen molar-refractivity contribution in [3.63, 3.8) is 0 Å². The Morgan fingerprint density at radius 2 is 0.888 bits per heavy atom. The lowest BCUT2D eigenvalue weighted by atomic mass is 9.79. The number of rotatable bonds is 16. The minimum Gasteiger partial charge on any atom is -0.450 e. The largest absolute Gasteiger partial charge is 0.450 e. The number of nitrogens with one attached hydrogen (secondary N) is 2. The third-order valence-corrected chi connectivity index (χ3v) is 30.4. The molecule has 4 saturated carbocycles. The Morgan fingerprint density at radius 1 is 0.534 bits per heavy atom. The van der Waals surface area contributed by atoms with Crippen LogP contribution in [-0.2, 0) is 104 Å². The zero-order valence-corrected chi connectivity index (χ0v) is 68.7. The van der Waals surface area contributed by atoms with E-state index in [1.807, 2.05) is 38.2 Å². The van der Waals surface area contributed by atoms with Crippen molar-refractivity contribution in [2.24, 2.45) is 58.2 Å². The summed E-state index contributed by atoms with van der Waals surface area (Å²) in [5.74, 6) is -12.2. The highest BCUT2D eigenvalue weighted by Gasteiger charge is 2.65. The van der Waals surface area contributed by atoms with E-state index in [4.69, 9.17) is 18.9 Å². The molecule has 2 N–H and O–H groups in total. The molecule has 116 heavy (non-hydrogen) atoms. The predicted molar refractivity (Wildman–Crippen MR) is 402 cm³/mol. The van der Waals surface area contributed by atoms with Gasteiger partial charge in [0, 0.05) is 49.9 Å². The van der Waals surface area contributed by atoms with Crippen LogP contribution in [0.5, 0.6) is 0 Å². The van der Waals surface area contributed by atoms with Gasteiger partial charge in [-0.2, -0.15) is 26.3 Å². The molecule has 12 rings (SSSR count). The normalized spacial score (nSPS) is 30.6. The Balaban J connectivity index is 0.000000228. The summed E-state index contributed by atoms with van der Waals surface area (Å²) in [7, 11) is -8.13. The van der Waals surface area contributed by atoms with Crippen molar-refractivity contribution in [1.29, 1.82) is 0 Å². The predicted octanol–water partition coefficient (Wildman–Crippen LogP) is 13.0. The number of sulfonamides is 2. The molecule has 6 aliphatic heterocycles. The smallest absolute Gasteiger partial charge is 0.427 e. The summed E-state index contributed by atoms with van der Waals surface area (Å²) in [5.41, 5.74) is -6.72. The van der Waals surface area contributed by atoms with E-state index in [1.165, 1.54) is 57.7 Å². The molecule has 6 heterocycles. The molecular weight excluding hydrogens is 1570 g/mol. The average Bonchev–Trinajstić information content (AvgIpc) is 1.57. The first-order valence-electron chi connectivity index (χ1n) is 40.2. The van der Waals surface area contributed by atoms with Gasteiger partial charge in [0.05, 0.1) is 83.3 Å². The van der Waals surface area contributed by atoms with Crippen LogP contribution in [0.2, 0.25) is 0 Å².